The van der Waals surface area contributed by atoms with Crippen LogP contribution in [-0.4, -0.2) is 17.8 Å². The van der Waals surface area contributed by atoms with Crippen molar-refractivity contribution in [3.8, 4) is 12.3 Å². The maximum Gasteiger partial charge on any atom is 0.0830 e. The number of hydrogen-bond acceptors (Lipinski definition) is 2. The van der Waals surface area contributed by atoms with Gasteiger partial charge in [-0.05, 0) is 12.0 Å². The maximum atomic E-state index is 9.31. The van der Waals surface area contributed by atoms with Crippen LogP contribution in [0.1, 0.15) is 18.4 Å². The summed E-state index contributed by atoms with van der Waals surface area (Å²) in [4.78, 5) is 0. The highest BCUT2D eigenvalue weighted by Gasteiger charge is 1.94. The summed E-state index contributed by atoms with van der Waals surface area (Å²) in [6.07, 6.45) is 9.30. The molecule has 17 heavy (non-hydrogen) atoms. The van der Waals surface area contributed by atoms with Crippen molar-refractivity contribution in [3.63, 3.8) is 0 Å². The standard InChI is InChI=1S/C15H18O2/c1-2-8-15(16)11-6-7-12-17-13-14-9-4-3-5-10-14/h1,3-6,9-11,15-16H,7-8,12-13H2/b11-6-. The summed E-state index contributed by atoms with van der Waals surface area (Å²) in [5.74, 6) is 2.41. The molecule has 0 radical (unpaired) electrons. The first-order valence-electron chi connectivity index (χ1n) is 5.73. The van der Waals surface area contributed by atoms with Gasteiger partial charge in [-0.2, -0.15) is 0 Å². The second-order valence-corrected chi connectivity index (χ2v) is 3.73. The van der Waals surface area contributed by atoms with E-state index in [1.807, 2.05) is 36.4 Å². The number of aliphatic hydroxyl groups excluding tert-OH is 1. The molecule has 1 N–H and O–H groups in total. The molecule has 1 aromatic carbocycles. The summed E-state index contributed by atoms with van der Waals surface area (Å²) in [5, 5.41) is 9.31. The van der Waals surface area contributed by atoms with Gasteiger partial charge in [0.15, 0.2) is 0 Å². The van der Waals surface area contributed by atoms with Gasteiger partial charge in [0, 0.05) is 6.42 Å². The minimum absolute atomic E-state index is 0.362. The smallest absolute Gasteiger partial charge is 0.0830 e. The van der Waals surface area contributed by atoms with Crippen molar-refractivity contribution in [2.45, 2.75) is 25.6 Å². The molecule has 0 aromatic heterocycles. The van der Waals surface area contributed by atoms with Crippen molar-refractivity contribution in [1.29, 1.82) is 0 Å². The van der Waals surface area contributed by atoms with Crippen molar-refractivity contribution in [1.82, 2.24) is 0 Å². The van der Waals surface area contributed by atoms with Gasteiger partial charge >= 0.3 is 0 Å². The minimum atomic E-state index is -0.533. The molecule has 2 heteroatoms. The zero-order valence-electron chi connectivity index (χ0n) is 9.88. The Labute approximate surface area is 103 Å². The Bertz CT molecular complexity index is 362. The number of aliphatic hydroxyl groups is 1. The van der Waals surface area contributed by atoms with Crippen LogP contribution in [0, 0.1) is 12.3 Å². The van der Waals surface area contributed by atoms with Gasteiger partial charge < -0.3 is 9.84 Å². The number of ether oxygens (including phenoxy) is 1. The third-order valence-corrected chi connectivity index (χ3v) is 2.23. The molecule has 0 heterocycles. The normalized spacial score (nSPS) is 12.5. The zero-order chi connectivity index (χ0) is 12.3. The molecule has 0 spiro atoms. The Balaban J connectivity index is 2.07. The lowest BCUT2D eigenvalue weighted by Crippen LogP contribution is -2.00. The van der Waals surface area contributed by atoms with Crippen LogP contribution in [0.15, 0.2) is 42.5 Å². The summed E-state index contributed by atoms with van der Waals surface area (Å²) in [5.41, 5.74) is 1.17. The Morgan fingerprint density at radius 1 is 1.35 bits per heavy atom. The van der Waals surface area contributed by atoms with E-state index < -0.39 is 6.10 Å². The van der Waals surface area contributed by atoms with Crippen LogP contribution >= 0.6 is 0 Å². The lowest BCUT2D eigenvalue weighted by atomic mass is 10.2. The largest absolute Gasteiger partial charge is 0.388 e. The van der Waals surface area contributed by atoms with E-state index in [9.17, 15) is 5.11 Å². The number of benzene rings is 1. The highest BCUT2D eigenvalue weighted by molar-refractivity contribution is 5.13. The van der Waals surface area contributed by atoms with E-state index in [1.165, 1.54) is 5.56 Å². The highest BCUT2D eigenvalue weighted by atomic mass is 16.5. The topological polar surface area (TPSA) is 29.5 Å². The van der Waals surface area contributed by atoms with Crippen LogP contribution in [0.25, 0.3) is 0 Å². The summed E-state index contributed by atoms with van der Waals surface area (Å²) in [6.45, 7) is 1.27. The molecule has 1 unspecified atom stereocenters. The fourth-order valence-electron chi connectivity index (χ4n) is 1.36. The lowest BCUT2D eigenvalue weighted by Gasteiger charge is -2.02. The van der Waals surface area contributed by atoms with Crippen LogP contribution in [0.2, 0.25) is 0 Å². The lowest BCUT2D eigenvalue weighted by molar-refractivity contribution is 0.125. The molecule has 2 nitrogen and oxygen atoms in total. The van der Waals surface area contributed by atoms with Crippen molar-refractivity contribution in [3.05, 3.63) is 48.0 Å². The molecular formula is C15H18O2. The van der Waals surface area contributed by atoms with E-state index in [4.69, 9.17) is 11.2 Å². The first kappa shape index (κ1) is 13.5. The fourth-order valence-corrected chi connectivity index (χ4v) is 1.36. The van der Waals surface area contributed by atoms with Gasteiger partial charge in [-0.1, -0.05) is 42.5 Å². The van der Waals surface area contributed by atoms with Crippen molar-refractivity contribution in [2.24, 2.45) is 0 Å². The molecule has 1 atom stereocenters. The summed E-state index contributed by atoms with van der Waals surface area (Å²) in [7, 11) is 0. The maximum absolute atomic E-state index is 9.31. The molecule has 0 saturated heterocycles. The fraction of sp³-hybridized carbons (Fsp3) is 0.333. The van der Waals surface area contributed by atoms with Gasteiger partial charge in [0.05, 0.1) is 19.3 Å². The van der Waals surface area contributed by atoms with Crippen molar-refractivity contribution in [2.75, 3.05) is 6.61 Å². The molecule has 0 aliphatic heterocycles. The second kappa shape index (κ2) is 8.58. The van der Waals surface area contributed by atoms with E-state index in [0.717, 1.165) is 6.42 Å². The Hall–Kier alpha value is -1.56. The van der Waals surface area contributed by atoms with Gasteiger partial charge in [-0.3, -0.25) is 0 Å². The predicted octanol–water partition coefficient (Wildman–Crippen LogP) is 2.53. The molecule has 0 fully saturated rings. The Kier molecular flexibility index (Phi) is 6.81. The minimum Gasteiger partial charge on any atom is -0.388 e. The SMILES string of the molecule is C#CCC(O)/C=C\CCOCc1ccccc1. The van der Waals surface area contributed by atoms with Crippen LogP contribution in [0.5, 0.6) is 0 Å². The van der Waals surface area contributed by atoms with Crippen LogP contribution < -0.4 is 0 Å². The second-order valence-electron chi connectivity index (χ2n) is 3.73. The summed E-state index contributed by atoms with van der Waals surface area (Å²) in [6, 6.07) is 10.0. The molecular weight excluding hydrogens is 212 g/mol. The Morgan fingerprint density at radius 2 is 2.12 bits per heavy atom. The van der Waals surface area contributed by atoms with E-state index in [2.05, 4.69) is 5.92 Å². The quantitative estimate of drug-likeness (QED) is 0.443. The first-order chi connectivity index (χ1) is 8.33. The summed E-state index contributed by atoms with van der Waals surface area (Å²) >= 11 is 0. The highest BCUT2D eigenvalue weighted by Crippen LogP contribution is 2.01. The first-order valence-corrected chi connectivity index (χ1v) is 5.73. The molecule has 1 aromatic rings. The van der Waals surface area contributed by atoms with E-state index in [0.29, 0.717) is 19.6 Å². The third-order valence-electron chi connectivity index (χ3n) is 2.23. The molecule has 0 amide bonds. The van der Waals surface area contributed by atoms with Gasteiger partial charge in [0.2, 0.25) is 0 Å². The number of hydrogen-bond donors (Lipinski definition) is 1. The zero-order valence-corrected chi connectivity index (χ0v) is 9.88. The predicted molar refractivity (Wildman–Crippen MR) is 69.3 cm³/mol. The number of terminal acetylenes is 1. The van der Waals surface area contributed by atoms with Crippen LogP contribution in [0.4, 0.5) is 0 Å². The van der Waals surface area contributed by atoms with Gasteiger partial charge in [-0.25, -0.2) is 0 Å². The van der Waals surface area contributed by atoms with Gasteiger partial charge in [0.1, 0.15) is 0 Å². The van der Waals surface area contributed by atoms with Gasteiger partial charge in [-0.15, -0.1) is 12.3 Å². The monoisotopic (exact) mass is 230 g/mol. The average molecular weight is 230 g/mol. The summed E-state index contributed by atoms with van der Waals surface area (Å²) < 4.78 is 5.49. The molecule has 0 bridgehead atoms. The van der Waals surface area contributed by atoms with Crippen LogP contribution in [-0.2, 0) is 11.3 Å². The molecule has 90 valence electrons. The Morgan fingerprint density at radius 3 is 2.82 bits per heavy atom. The molecule has 1 rings (SSSR count). The molecule has 0 aliphatic carbocycles. The van der Waals surface area contributed by atoms with Gasteiger partial charge in [0.25, 0.3) is 0 Å². The third kappa shape index (κ3) is 6.57. The molecule has 0 aliphatic rings. The van der Waals surface area contributed by atoms with E-state index in [-0.39, 0.29) is 0 Å². The van der Waals surface area contributed by atoms with E-state index in [1.54, 1.807) is 6.08 Å². The average Bonchev–Trinajstić information content (AvgIpc) is 2.35. The van der Waals surface area contributed by atoms with Crippen molar-refractivity contribution >= 4 is 0 Å². The number of rotatable bonds is 7. The van der Waals surface area contributed by atoms with E-state index >= 15 is 0 Å². The molecule has 0 saturated carbocycles. The van der Waals surface area contributed by atoms with Crippen molar-refractivity contribution < 1.29 is 9.84 Å². The van der Waals surface area contributed by atoms with Crippen LogP contribution in [0.3, 0.4) is 0 Å².